The van der Waals surface area contributed by atoms with Crippen molar-refractivity contribution < 1.29 is 23.2 Å². The summed E-state index contributed by atoms with van der Waals surface area (Å²) in [5.74, 6) is 1.55. The Kier molecular flexibility index (Phi) is 16.9. The third kappa shape index (κ3) is 13.2. The summed E-state index contributed by atoms with van der Waals surface area (Å²) >= 11 is 1.82. The lowest BCUT2D eigenvalue weighted by Gasteiger charge is -2.40. The van der Waals surface area contributed by atoms with Gasteiger partial charge in [-0.25, -0.2) is 0 Å². The lowest BCUT2D eigenvalue weighted by Crippen LogP contribution is -2.45. The van der Waals surface area contributed by atoms with Crippen LogP contribution >= 0.6 is 11.8 Å². The van der Waals surface area contributed by atoms with Gasteiger partial charge in [0.15, 0.2) is 22.4 Å². The number of hydrogen-bond donors (Lipinski definition) is 0. The highest BCUT2D eigenvalue weighted by Gasteiger charge is 2.44. The van der Waals surface area contributed by atoms with Crippen LogP contribution in [0.5, 0.6) is 0 Å². The molecule has 0 unspecified atom stereocenters. The number of rotatable bonds is 19. The number of unbranched alkanes of at least 4 members (excludes halogenated alkanes) is 3. The normalized spacial score (nSPS) is 20.0. The molecule has 0 saturated carbocycles. The van der Waals surface area contributed by atoms with E-state index in [1.165, 1.54) is 31.3 Å². The average Bonchev–Trinajstić information content (AvgIpc) is 3.22. The van der Waals surface area contributed by atoms with Gasteiger partial charge in [-0.15, -0.1) is 11.8 Å². The maximum absolute atomic E-state index is 13.0. The highest BCUT2D eigenvalue weighted by atomic mass is 32.2. The summed E-state index contributed by atoms with van der Waals surface area (Å²) < 4.78 is 18.9. The number of thioether (sulfide) groups is 1. The van der Waals surface area contributed by atoms with E-state index in [4.69, 9.17) is 13.6 Å². The average molecular weight is 669 g/mol. The predicted octanol–water partition coefficient (Wildman–Crippen LogP) is 10.9. The fraction of sp³-hybridized carbons (Fsp3) is 0.833. The van der Waals surface area contributed by atoms with E-state index in [1.54, 1.807) is 6.92 Å². The summed E-state index contributed by atoms with van der Waals surface area (Å²) in [7, 11) is -2.63. The van der Waals surface area contributed by atoms with E-state index in [9.17, 15) is 9.59 Å². The number of carbonyl (C=O) groups excluding carboxylic acids is 2. The second-order valence-corrected chi connectivity index (χ2v) is 26.7. The number of ketones is 1. The van der Waals surface area contributed by atoms with Crippen molar-refractivity contribution in [3.05, 3.63) is 22.6 Å². The molecule has 1 aliphatic rings. The van der Waals surface area contributed by atoms with Gasteiger partial charge in [0, 0.05) is 29.2 Å². The van der Waals surface area contributed by atoms with Crippen LogP contribution in [0.3, 0.4) is 0 Å². The topological polar surface area (TPSA) is 61.8 Å². The summed E-state index contributed by atoms with van der Waals surface area (Å²) in [6.45, 7) is 29.4. The Hall–Kier alpha value is -0.676. The van der Waals surface area contributed by atoms with E-state index in [2.05, 4.69) is 93.7 Å². The Labute approximate surface area is 278 Å². The van der Waals surface area contributed by atoms with Crippen molar-refractivity contribution in [2.75, 3.05) is 12.9 Å². The van der Waals surface area contributed by atoms with E-state index in [-0.39, 0.29) is 40.0 Å². The van der Waals surface area contributed by atoms with Crippen molar-refractivity contribution in [1.82, 2.24) is 0 Å². The molecule has 256 valence electrons. The predicted molar refractivity (Wildman–Crippen MR) is 195 cm³/mol. The lowest BCUT2D eigenvalue weighted by molar-refractivity contribution is -0.140. The second-order valence-electron chi connectivity index (χ2n) is 16.1. The zero-order valence-electron chi connectivity index (χ0n) is 31.0. The fourth-order valence-electron chi connectivity index (χ4n) is 5.05. The first-order chi connectivity index (χ1) is 20.2. The van der Waals surface area contributed by atoms with E-state index in [0.29, 0.717) is 18.8 Å². The zero-order chi connectivity index (χ0) is 33.9. The smallest absolute Gasteiger partial charge is 0.305 e. The molecule has 4 atom stereocenters. The van der Waals surface area contributed by atoms with Crippen LogP contribution in [0.2, 0.25) is 36.3 Å². The molecule has 0 amide bonds. The van der Waals surface area contributed by atoms with Gasteiger partial charge in [-0.05, 0) is 74.1 Å². The molecule has 0 bridgehead atoms. The Morgan fingerprint density at radius 2 is 1.59 bits per heavy atom. The van der Waals surface area contributed by atoms with Crippen LogP contribution in [0.1, 0.15) is 120 Å². The number of esters is 1. The van der Waals surface area contributed by atoms with Crippen LogP contribution in [0.4, 0.5) is 0 Å². The Morgan fingerprint density at radius 1 is 0.977 bits per heavy atom. The molecule has 0 aliphatic heterocycles. The molecule has 0 heterocycles. The Bertz CT molecular complexity index is 974. The highest BCUT2D eigenvalue weighted by Crippen LogP contribution is 2.47. The standard InChI is InChI=1S/C36H68O5SSi2/c1-15-16-20-27(2)25-29(40-43(11,12)35(4,5)6)22-23-30-32(41-44(13,14)36(7,8)9)26-31(28(3)37)34(30)42-24-19-17-18-21-33(38)39-10/h22-23,27,29-30,32H,15-21,24-26H2,1-14H3/t27-,29-,30+,32-/m1/s1. The van der Waals surface area contributed by atoms with Gasteiger partial charge in [-0.3, -0.25) is 9.59 Å². The molecule has 0 spiro atoms. The Balaban J connectivity index is 3.41. The Morgan fingerprint density at radius 3 is 2.11 bits per heavy atom. The number of hydrogen-bond acceptors (Lipinski definition) is 6. The van der Waals surface area contributed by atoms with E-state index in [0.717, 1.165) is 37.0 Å². The molecule has 1 rings (SSSR count). The molecule has 0 radical (unpaired) electrons. The summed E-state index contributed by atoms with van der Waals surface area (Å²) in [4.78, 5) is 25.7. The minimum absolute atomic E-state index is 0.0413. The molecule has 5 nitrogen and oxygen atoms in total. The van der Waals surface area contributed by atoms with Gasteiger partial charge >= 0.3 is 5.97 Å². The van der Waals surface area contributed by atoms with Crippen molar-refractivity contribution in [2.45, 2.75) is 169 Å². The van der Waals surface area contributed by atoms with Gasteiger partial charge in [-0.1, -0.05) is 93.2 Å². The van der Waals surface area contributed by atoms with Crippen molar-refractivity contribution in [3.8, 4) is 0 Å². The molecule has 1 aliphatic carbocycles. The SMILES string of the molecule is CCCC[C@@H](C)C[C@@H](C=C[C@@H]1C(SCCCCCC(=O)OC)=C(C(C)=O)C[C@H]1O[Si](C)(C)C(C)(C)C)O[Si](C)(C)C(C)(C)C. The first kappa shape index (κ1) is 41.3. The lowest BCUT2D eigenvalue weighted by atomic mass is 9.96. The molecule has 0 saturated heterocycles. The van der Waals surface area contributed by atoms with E-state index >= 15 is 0 Å². The van der Waals surface area contributed by atoms with Gasteiger partial charge in [-0.2, -0.15) is 0 Å². The van der Waals surface area contributed by atoms with Crippen LogP contribution in [0, 0.1) is 11.8 Å². The molecule has 0 N–H and O–H groups in total. The summed E-state index contributed by atoms with van der Waals surface area (Å²) in [5, 5.41) is 0.208. The first-order valence-electron chi connectivity index (χ1n) is 17.1. The maximum atomic E-state index is 13.0. The largest absolute Gasteiger partial charge is 0.469 e. The molecular formula is C36H68O5SSi2. The van der Waals surface area contributed by atoms with Gasteiger partial charge < -0.3 is 13.6 Å². The zero-order valence-corrected chi connectivity index (χ0v) is 33.8. The number of carbonyl (C=O) groups is 2. The summed E-state index contributed by atoms with van der Waals surface area (Å²) in [5.41, 5.74) is 0.932. The van der Waals surface area contributed by atoms with Crippen LogP contribution < -0.4 is 0 Å². The molecule has 0 fully saturated rings. The monoisotopic (exact) mass is 668 g/mol. The molecule has 44 heavy (non-hydrogen) atoms. The van der Waals surface area contributed by atoms with Crippen molar-refractivity contribution >= 4 is 40.1 Å². The molecular weight excluding hydrogens is 601 g/mol. The van der Waals surface area contributed by atoms with Gasteiger partial charge in [0.05, 0.1) is 19.3 Å². The van der Waals surface area contributed by atoms with Crippen molar-refractivity contribution in [2.24, 2.45) is 11.8 Å². The van der Waals surface area contributed by atoms with Crippen LogP contribution in [0.25, 0.3) is 0 Å². The van der Waals surface area contributed by atoms with Crippen molar-refractivity contribution in [1.29, 1.82) is 0 Å². The van der Waals surface area contributed by atoms with Gasteiger partial charge in [0.2, 0.25) is 0 Å². The third-order valence-electron chi connectivity index (χ3n) is 10.1. The maximum Gasteiger partial charge on any atom is 0.305 e. The first-order valence-corrected chi connectivity index (χ1v) is 23.9. The molecule has 0 aromatic carbocycles. The fourth-order valence-corrected chi connectivity index (χ4v) is 9.06. The summed E-state index contributed by atoms with van der Waals surface area (Å²) in [6.07, 6.45) is 13.3. The highest BCUT2D eigenvalue weighted by molar-refractivity contribution is 8.03. The van der Waals surface area contributed by atoms with Gasteiger partial charge in [0.1, 0.15) is 0 Å². The minimum atomic E-state index is -2.08. The number of Topliss-reactive ketones (excluding diaryl/α,β-unsaturated/α-hetero) is 1. The van der Waals surface area contributed by atoms with Crippen LogP contribution in [0.15, 0.2) is 22.6 Å². The van der Waals surface area contributed by atoms with E-state index in [1.807, 2.05) is 11.8 Å². The minimum Gasteiger partial charge on any atom is -0.469 e. The number of ether oxygens (including phenoxy) is 1. The summed E-state index contributed by atoms with van der Waals surface area (Å²) in [6, 6.07) is 0. The van der Waals surface area contributed by atoms with Crippen LogP contribution in [-0.2, 0) is 23.2 Å². The molecule has 8 heteroatoms. The molecule has 0 aromatic heterocycles. The van der Waals surface area contributed by atoms with Gasteiger partial charge in [0.25, 0.3) is 0 Å². The number of methoxy groups -OCH3 is 1. The van der Waals surface area contributed by atoms with Crippen molar-refractivity contribution in [3.63, 3.8) is 0 Å². The molecule has 0 aromatic rings. The quantitative estimate of drug-likeness (QED) is 0.0591. The third-order valence-corrected chi connectivity index (χ3v) is 20.4. The second kappa shape index (κ2) is 18.0. The van der Waals surface area contributed by atoms with Crippen LogP contribution in [-0.4, -0.2) is 53.5 Å². The van der Waals surface area contributed by atoms with E-state index < -0.39 is 16.6 Å².